The monoisotopic (exact) mass is 390 g/mol. The third kappa shape index (κ3) is 5.70. The van der Waals surface area contributed by atoms with Gasteiger partial charge in [-0.25, -0.2) is 0 Å². The van der Waals surface area contributed by atoms with Crippen molar-refractivity contribution in [1.82, 2.24) is 0 Å². The molecule has 0 N–H and O–H groups in total. The molecule has 0 aliphatic rings. The Kier molecular flexibility index (Phi) is 7.12. The Morgan fingerprint density at radius 1 is 0.433 bits per heavy atom. The molecule has 0 heterocycles. The highest BCUT2D eigenvalue weighted by atomic mass is 14.2. The predicted molar refractivity (Wildman–Crippen MR) is 128 cm³/mol. The number of aryl methyl sites for hydroxylation is 1. The van der Waals surface area contributed by atoms with Crippen molar-refractivity contribution >= 4 is 0 Å². The van der Waals surface area contributed by atoms with Gasteiger partial charge in [-0.05, 0) is 59.8 Å². The summed E-state index contributed by atoms with van der Waals surface area (Å²) in [4.78, 5) is 0. The van der Waals surface area contributed by atoms with E-state index in [1.54, 1.807) is 0 Å². The van der Waals surface area contributed by atoms with E-state index in [0.717, 1.165) is 19.3 Å². The fourth-order valence-electron chi connectivity index (χ4n) is 4.44. The zero-order valence-corrected chi connectivity index (χ0v) is 17.5. The van der Waals surface area contributed by atoms with Gasteiger partial charge in [0.05, 0.1) is 0 Å². The molecule has 0 spiro atoms. The van der Waals surface area contributed by atoms with E-state index in [1.165, 1.54) is 28.7 Å². The molecule has 0 bridgehead atoms. The van der Waals surface area contributed by atoms with Crippen molar-refractivity contribution in [2.24, 2.45) is 0 Å². The first-order valence-electron chi connectivity index (χ1n) is 11.1. The molecule has 4 rings (SSSR count). The standard InChI is InChI=1S/C30H30/c1-5-13-25(14-6-1)21-22-29(27-17-9-3-10-18-27)24-30(28-19-11-4-12-20-28)23-26-15-7-2-8-16-26/h1-20,29-30H,21-24H2. The summed E-state index contributed by atoms with van der Waals surface area (Å²) >= 11 is 0. The molecule has 30 heavy (non-hydrogen) atoms. The normalized spacial score (nSPS) is 12.9. The first kappa shape index (κ1) is 20.2. The Labute approximate surface area is 181 Å². The van der Waals surface area contributed by atoms with Crippen LogP contribution < -0.4 is 0 Å². The molecule has 0 aliphatic carbocycles. The molecule has 0 amide bonds. The quantitative estimate of drug-likeness (QED) is 0.273. The summed E-state index contributed by atoms with van der Waals surface area (Å²) in [5.41, 5.74) is 5.75. The Morgan fingerprint density at radius 2 is 0.867 bits per heavy atom. The van der Waals surface area contributed by atoms with Crippen LogP contribution in [0.2, 0.25) is 0 Å². The third-order valence-electron chi connectivity index (χ3n) is 6.06. The molecular formula is C30H30. The van der Waals surface area contributed by atoms with Crippen molar-refractivity contribution in [1.29, 1.82) is 0 Å². The molecule has 0 saturated carbocycles. The maximum atomic E-state index is 2.31. The second kappa shape index (κ2) is 10.6. The second-order valence-corrected chi connectivity index (χ2v) is 8.16. The second-order valence-electron chi connectivity index (χ2n) is 8.16. The van der Waals surface area contributed by atoms with Crippen LogP contribution in [0, 0.1) is 0 Å². The molecule has 4 aromatic rings. The number of benzene rings is 4. The van der Waals surface area contributed by atoms with Gasteiger partial charge in [0, 0.05) is 0 Å². The van der Waals surface area contributed by atoms with E-state index in [1.807, 2.05) is 0 Å². The minimum atomic E-state index is 0.509. The van der Waals surface area contributed by atoms with Crippen molar-refractivity contribution in [3.05, 3.63) is 144 Å². The predicted octanol–water partition coefficient (Wildman–Crippen LogP) is 7.82. The average Bonchev–Trinajstić information content (AvgIpc) is 2.83. The molecule has 4 aromatic carbocycles. The number of hydrogen-bond donors (Lipinski definition) is 0. The Balaban J connectivity index is 1.58. The molecular weight excluding hydrogens is 360 g/mol. The first-order chi connectivity index (χ1) is 14.9. The largest absolute Gasteiger partial charge is 0.0622 e. The van der Waals surface area contributed by atoms with Crippen molar-refractivity contribution in [3.8, 4) is 0 Å². The van der Waals surface area contributed by atoms with Crippen LogP contribution in [-0.2, 0) is 12.8 Å². The minimum Gasteiger partial charge on any atom is -0.0622 e. The van der Waals surface area contributed by atoms with Gasteiger partial charge in [-0.1, -0.05) is 121 Å². The summed E-state index contributed by atoms with van der Waals surface area (Å²) in [6.45, 7) is 0. The third-order valence-corrected chi connectivity index (χ3v) is 6.06. The van der Waals surface area contributed by atoms with Gasteiger partial charge >= 0.3 is 0 Å². The van der Waals surface area contributed by atoms with Gasteiger partial charge in [0.25, 0.3) is 0 Å². The van der Waals surface area contributed by atoms with Crippen molar-refractivity contribution in [2.45, 2.75) is 37.5 Å². The van der Waals surface area contributed by atoms with Gasteiger partial charge in [0.15, 0.2) is 0 Å². The van der Waals surface area contributed by atoms with Crippen LogP contribution in [0.1, 0.15) is 46.9 Å². The lowest BCUT2D eigenvalue weighted by Crippen LogP contribution is -2.11. The van der Waals surface area contributed by atoms with Crippen LogP contribution in [0.4, 0.5) is 0 Å². The maximum Gasteiger partial charge on any atom is -0.0116 e. The van der Waals surface area contributed by atoms with Gasteiger partial charge in [-0.3, -0.25) is 0 Å². The Morgan fingerprint density at radius 3 is 1.40 bits per heavy atom. The molecule has 0 nitrogen and oxygen atoms in total. The topological polar surface area (TPSA) is 0 Å². The van der Waals surface area contributed by atoms with E-state index in [-0.39, 0.29) is 0 Å². The summed E-state index contributed by atoms with van der Waals surface area (Å²) in [5, 5.41) is 0. The summed E-state index contributed by atoms with van der Waals surface area (Å²) in [6.07, 6.45) is 4.54. The molecule has 2 unspecified atom stereocenters. The van der Waals surface area contributed by atoms with Crippen LogP contribution in [0.3, 0.4) is 0 Å². The van der Waals surface area contributed by atoms with Gasteiger partial charge in [0.1, 0.15) is 0 Å². The smallest absolute Gasteiger partial charge is 0.0116 e. The number of rotatable bonds is 9. The highest BCUT2D eigenvalue weighted by molar-refractivity contribution is 5.27. The summed E-state index contributed by atoms with van der Waals surface area (Å²) < 4.78 is 0. The molecule has 0 fully saturated rings. The average molecular weight is 391 g/mol. The van der Waals surface area contributed by atoms with Gasteiger partial charge in [0.2, 0.25) is 0 Å². The van der Waals surface area contributed by atoms with Crippen LogP contribution >= 0.6 is 0 Å². The highest BCUT2D eigenvalue weighted by Crippen LogP contribution is 2.35. The zero-order valence-electron chi connectivity index (χ0n) is 17.5. The lowest BCUT2D eigenvalue weighted by atomic mass is 9.79. The summed E-state index contributed by atoms with van der Waals surface area (Å²) in [7, 11) is 0. The van der Waals surface area contributed by atoms with Crippen molar-refractivity contribution in [2.75, 3.05) is 0 Å². The lowest BCUT2D eigenvalue weighted by Gasteiger charge is -2.25. The van der Waals surface area contributed by atoms with E-state index in [4.69, 9.17) is 0 Å². The van der Waals surface area contributed by atoms with Crippen LogP contribution in [0.25, 0.3) is 0 Å². The highest BCUT2D eigenvalue weighted by Gasteiger charge is 2.20. The maximum absolute atomic E-state index is 2.31. The first-order valence-corrected chi connectivity index (χ1v) is 11.1. The van der Waals surface area contributed by atoms with Crippen LogP contribution in [0.15, 0.2) is 121 Å². The fourth-order valence-corrected chi connectivity index (χ4v) is 4.44. The van der Waals surface area contributed by atoms with E-state index < -0.39 is 0 Å². The molecule has 2 atom stereocenters. The van der Waals surface area contributed by atoms with Gasteiger partial charge in [-0.15, -0.1) is 0 Å². The van der Waals surface area contributed by atoms with E-state index in [2.05, 4.69) is 121 Å². The van der Waals surface area contributed by atoms with Gasteiger partial charge < -0.3 is 0 Å². The summed E-state index contributed by atoms with van der Waals surface area (Å²) in [5.74, 6) is 1.05. The Bertz CT molecular complexity index is 975. The van der Waals surface area contributed by atoms with Crippen LogP contribution in [0.5, 0.6) is 0 Å². The molecule has 0 radical (unpaired) electrons. The molecule has 0 saturated heterocycles. The van der Waals surface area contributed by atoms with Crippen molar-refractivity contribution in [3.63, 3.8) is 0 Å². The van der Waals surface area contributed by atoms with E-state index in [9.17, 15) is 0 Å². The molecule has 0 aromatic heterocycles. The Hall–Kier alpha value is -3.12. The SMILES string of the molecule is c1ccc(CCC(CC(Cc2ccccc2)c2ccccc2)c2ccccc2)cc1. The molecule has 0 aliphatic heterocycles. The van der Waals surface area contributed by atoms with E-state index >= 15 is 0 Å². The van der Waals surface area contributed by atoms with Gasteiger partial charge in [-0.2, -0.15) is 0 Å². The number of hydrogen-bond acceptors (Lipinski definition) is 0. The lowest BCUT2D eigenvalue weighted by molar-refractivity contribution is 0.501. The van der Waals surface area contributed by atoms with Crippen molar-refractivity contribution < 1.29 is 0 Å². The minimum absolute atomic E-state index is 0.509. The fraction of sp³-hybridized carbons (Fsp3) is 0.200. The molecule has 150 valence electrons. The summed E-state index contributed by atoms with van der Waals surface area (Å²) in [6, 6.07) is 44.0. The zero-order chi connectivity index (χ0) is 20.4. The van der Waals surface area contributed by atoms with Crippen LogP contribution in [-0.4, -0.2) is 0 Å². The van der Waals surface area contributed by atoms with E-state index in [0.29, 0.717) is 11.8 Å². The molecule has 0 heteroatoms.